The number of carbonyl (C=O) groups excluding carboxylic acids is 1. The lowest BCUT2D eigenvalue weighted by atomic mass is 10.4. The van der Waals surface area contributed by atoms with Gasteiger partial charge in [0.1, 0.15) is 0 Å². The molecule has 0 unspecified atom stereocenters. The Balaban J connectivity index is 3.11. The van der Waals surface area contributed by atoms with Crippen LogP contribution in [0.15, 0.2) is 0 Å². The number of amides is 1. The van der Waals surface area contributed by atoms with E-state index in [1.807, 2.05) is 0 Å². The molecular weight excluding hydrogens is 172 g/mol. The SMILES string of the molecule is COCCNCC(=O)NCCCO. The first-order valence-corrected chi connectivity index (χ1v) is 4.38. The first kappa shape index (κ1) is 12.3. The van der Waals surface area contributed by atoms with E-state index in [0.29, 0.717) is 32.7 Å². The van der Waals surface area contributed by atoms with Crippen LogP contribution in [0.4, 0.5) is 0 Å². The van der Waals surface area contributed by atoms with Gasteiger partial charge in [-0.2, -0.15) is 0 Å². The summed E-state index contributed by atoms with van der Waals surface area (Å²) in [6.45, 7) is 2.21. The molecule has 0 saturated heterocycles. The van der Waals surface area contributed by atoms with Crippen molar-refractivity contribution >= 4 is 5.91 Å². The van der Waals surface area contributed by atoms with Crippen molar-refractivity contribution in [3.05, 3.63) is 0 Å². The van der Waals surface area contributed by atoms with Crippen LogP contribution < -0.4 is 10.6 Å². The topological polar surface area (TPSA) is 70.6 Å². The number of nitrogens with one attached hydrogen (secondary N) is 2. The van der Waals surface area contributed by atoms with E-state index in [1.54, 1.807) is 7.11 Å². The number of aliphatic hydroxyl groups is 1. The molecule has 3 N–H and O–H groups in total. The Bertz CT molecular complexity index is 131. The summed E-state index contributed by atoms with van der Waals surface area (Å²) in [4.78, 5) is 11.0. The summed E-state index contributed by atoms with van der Waals surface area (Å²) in [5, 5.41) is 14.0. The summed E-state index contributed by atoms with van der Waals surface area (Å²) < 4.78 is 4.79. The molecule has 0 bridgehead atoms. The molecular formula is C8H18N2O3. The minimum absolute atomic E-state index is 0.0513. The van der Waals surface area contributed by atoms with Crippen LogP contribution in [0.3, 0.4) is 0 Å². The molecule has 5 nitrogen and oxygen atoms in total. The van der Waals surface area contributed by atoms with Crippen molar-refractivity contribution in [3.8, 4) is 0 Å². The third-order valence-electron chi connectivity index (χ3n) is 1.43. The summed E-state index contributed by atoms with van der Waals surface area (Å²) in [6.07, 6.45) is 0.601. The first-order valence-electron chi connectivity index (χ1n) is 4.38. The van der Waals surface area contributed by atoms with Crippen LogP contribution in [-0.2, 0) is 9.53 Å². The van der Waals surface area contributed by atoms with E-state index in [4.69, 9.17) is 9.84 Å². The van der Waals surface area contributed by atoms with Crippen molar-refractivity contribution < 1.29 is 14.6 Å². The van der Waals surface area contributed by atoms with Crippen molar-refractivity contribution in [2.24, 2.45) is 0 Å². The molecule has 13 heavy (non-hydrogen) atoms. The highest BCUT2D eigenvalue weighted by Gasteiger charge is 1.97. The van der Waals surface area contributed by atoms with E-state index in [-0.39, 0.29) is 12.5 Å². The van der Waals surface area contributed by atoms with Gasteiger partial charge in [0, 0.05) is 26.8 Å². The lowest BCUT2D eigenvalue weighted by molar-refractivity contribution is -0.120. The molecule has 78 valence electrons. The molecule has 0 saturated carbocycles. The maximum atomic E-state index is 11.0. The number of ether oxygens (including phenoxy) is 1. The summed E-state index contributed by atoms with van der Waals surface area (Å²) in [5.41, 5.74) is 0. The second-order valence-electron chi connectivity index (χ2n) is 2.60. The normalized spacial score (nSPS) is 10.0. The molecule has 0 aliphatic heterocycles. The zero-order valence-electron chi connectivity index (χ0n) is 8.01. The number of hydrogen-bond donors (Lipinski definition) is 3. The van der Waals surface area contributed by atoms with E-state index in [9.17, 15) is 4.79 Å². The Kier molecular flexibility index (Phi) is 8.97. The molecule has 0 aliphatic carbocycles. The van der Waals surface area contributed by atoms with E-state index in [0.717, 1.165) is 0 Å². The Morgan fingerprint density at radius 2 is 2.23 bits per heavy atom. The number of hydrogen-bond acceptors (Lipinski definition) is 4. The molecule has 0 heterocycles. The van der Waals surface area contributed by atoms with Gasteiger partial charge in [-0.05, 0) is 6.42 Å². The van der Waals surface area contributed by atoms with E-state index >= 15 is 0 Å². The fourth-order valence-corrected chi connectivity index (χ4v) is 0.746. The van der Waals surface area contributed by atoms with Crippen molar-refractivity contribution in [2.75, 3.05) is 40.0 Å². The molecule has 5 heteroatoms. The van der Waals surface area contributed by atoms with Gasteiger partial charge in [0.25, 0.3) is 0 Å². The van der Waals surface area contributed by atoms with Gasteiger partial charge in [-0.3, -0.25) is 4.79 Å². The zero-order chi connectivity index (χ0) is 9.94. The third-order valence-corrected chi connectivity index (χ3v) is 1.43. The van der Waals surface area contributed by atoms with Crippen molar-refractivity contribution in [2.45, 2.75) is 6.42 Å². The van der Waals surface area contributed by atoms with E-state index in [1.165, 1.54) is 0 Å². The molecule has 1 amide bonds. The predicted octanol–water partition coefficient (Wildman–Crippen LogP) is -1.28. The zero-order valence-corrected chi connectivity index (χ0v) is 8.01. The van der Waals surface area contributed by atoms with Crippen LogP contribution in [0, 0.1) is 0 Å². The highest BCUT2D eigenvalue weighted by atomic mass is 16.5. The van der Waals surface area contributed by atoms with Crippen LogP contribution in [0.5, 0.6) is 0 Å². The van der Waals surface area contributed by atoms with Gasteiger partial charge in [-0.1, -0.05) is 0 Å². The van der Waals surface area contributed by atoms with Gasteiger partial charge >= 0.3 is 0 Å². The summed E-state index contributed by atoms with van der Waals surface area (Å²) in [5.74, 6) is -0.0513. The largest absolute Gasteiger partial charge is 0.396 e. The second kappa shape index (κ2) is 9.44. The number of methoxy groups -OCH3 is 1. The van der Waals surface area contributed by atoms with Crippen LogP contribution in [0.2, 0.25) is 0 Å². The van der Waals surface area contributed by atoms with Crippen molar-refractivity contribution in [3.63, 3.8) is 0 Å². The van der Waals surface area contributed by atoms with Crippen LogP contribution in [-0.4, -0.2) is 51.0 Å². The molecule has 0 atom stereocenters. The van der Waals surface area contributed by atoms with Crippen molar-refractivity contribution in [1.29, 1.82) is 0 Å². The molecule has 0 radical (unpaired) electrons. The molecule has 0 aliphatic rings. The van der Waals surface area contributed by atoms with Crippen molar-refractivity contribution in [1.82, 2.24) is 10.6 Å². The Morgan fingerprint density at radius 1 is 1.46 bits per heavy atom. The third kappa shape index (κ3) is 9.26. The second-order valence-corrected chi connectivity index (χ2v) is 2.60. The quantitative estimate of drug-likeness (QED) is 0.417. The summed E-state index contributed by atoms with van der Waals surface area (Å²) in [7, 11) is 1.61. The van der Waals surface area contributed by atoms with Gasteiger partial charge in [-0.25, -0.2) is 0 Å². The van der Waals surface area contributed by atoms with Crippen LogP contribution >= 0.6 is 0 Å². The number of aliphatic hydroxyl groups excluding tert-OH is 1. The molecule has 0 aromatic carbocycles. The average molecular weight is 190 g/mol. The number of carbonyl (C=O) groups is 1. The lowest BCUT2D eigenvalue weighted by Crippen LogP contribution is -2.35. The summed E-state index contributed by atoms with van der Waals surface area (Å²) >= 11 is 0. The highest BCUT2D eigenvalue weighted by molar-refractivity contribution is 5.77. The van der Waals surface area contributed by atoms with Gasteiger partial charge in [0.05, 0.1) is 13.2 Å². The monoisotopic (exact) mass is 190 g/mol. The highest BCUT2D eigenvalue weighted by Crippen LogP contribution is 1.72. The Labute approximate surface area is 78.5 Å². The fourth-order valence-electron chi connectivity index (χ4n) is 0.746. The maximum Gasteiger partial charge on any atom is 0.233 e. The van der Waals surface area contributed by atoms with E-state index < -0.39 is 0 Å². The Morgan fingerprint density at radius 3 is 2.85 bits per heavy atom. The Hall–Kier alpha value is -0.650. The van der Waals surface area contributed by atoms with Gasteiger partial charge in [0.15, 0.2) is 0 Å². The lowest BCUT2D eigenvalue weighted by Gasteiger charge is -2.04. The average Bonchev–Trinajstić information content (AvgIpc) is 2.13. The smallest absolute Gasteiger partial charge is 0.233 e. The van der Waals surface area contributed by atoms with Gasteiger partial charge in [0.2, 0.25) is 5.91 Å². The maximum absolute atomic E-state index is 11.0. The first-order chi connectivity index (χ1) is 6.31. The molecule has 0 rings (SSSR count). The molecule has 0 spiro atoms. The van der Waals surface area contributed by atoms with Crippen LogP contribution in [0.1, 0.15) is 6.42 Å². The molecule has 0 aromatic heterocycles. The predicted molar refractivity (Wildman–Crippen MR) is 49.5 cm³/mol. The summed E-state index contributed by atoms with van der Waals surface area (Å²) in [6, 6.07) is 0. The molecule has 0 aromatic rings. The van der Waals surface area contributed by atoms with Gasteiger partial charge < -0.3 is 20.5 Å². The van der Waals surface area contributed by atoms with Gasteiger partial charge in [-0.15, -0.1) is 0 Å². The standard InChI is InChI=1S/C8H18N2O3/c1-13-6-4-9-7-8(12)10-3-2-5-11/h9,11H,2-7H2,1H3,(H,10,12). The fraction of sp³-hybridized carbons (Fsp3) is 0.875. The van der Waals surface area contributed by atoms with Crippen LogP contribution in [0.25, 0.3) is 0 Å². The minimum Gasteiger partial charge on any atom is -0.396 e. The minimum atomic E-state index is -0.0513. The van der Waals surface area contributed by atoms with E-state index in [2.05, 4.69) is 10.6 Å². The molecule has 0 fully saturated rings. The number of rotatable bonds is 8.